The second-order valence-electron chi connectivity index (χ2n) is 5.23. The van der Waals surface area contributed by atoms with Gasteiger partial charge in [0.2, 0.25) is 5.76 Å². The number of rotatable bonds is 3. The summed E-state index contributed by atoms with van der Waals surface area (Å²) >= 11 is 0. The van der Waals surface area contributed by atoms with Crippen LogP contribution in [0, 0.1) is 0 Å². The summed E-state index contributed by atoms with van der Waals surface area (Å²) in [5.41, 5.74) is -0.216. The summed E-state index contributed by atoms with van der Waals surface area (Å²) < 4.78 is 15.2. The molecule has 0 N–H and O–H groups in total. The molecule has 2 rings (SSSR count). The Morgan fingerprint density at radius 1 is 1.42 bits per heavy atom. The summed E-state index contributed by atoms with van der Waals surface area (Å²) in [6.07, 6.45) is 0.785. The number of aromatic nitrogens is 2. The Balaban J connectivity index is 2.06. The third kappa shape index (κ3) is 3.01. The van der Waals surface area contributed by atoms with Crippen LogP contribution < -0.4 is 0 Å². The van der Waals surface area contributed by atoms with E-state index >= 15 is 0 Å². The molecule has 0 spiro atoms. The normalized spacial score (nSPS) is 13.3. The maximum Gasteiger partial charge on any atom is 0.374 e. The van der Waals surface area contributed by atoms with Gasteiger partial charge < -0.3 is 13.7 Å². The van der Waals surface area contributed by atoms with Crippen molar-refractivity contribution in [2.75, 3.05) is 0 Å². The van der Waals surface area contributed by atoms with Gasteiger partial charge in [-0.05, 0) is 19.1 Å². The molecule has 0 amide bonds. The van der Waals surface area contributed by atoms with Crippen LogP contribution in [0.5, 0.6) is 0 Å². The predicted octanol–water partition coefficient (Wildman–Crippen LogP) is 2.88. The van der Waals surface area contributed by atoms with Crippen molar-refractivity contribution in [3.63, 3.8) is 0 Å². The molecule has 0 saturated heterocycles. The van der Waals surface area contributed by atoms with E-state index < -0.39 is 12.1 Å². The predicted molar refractivity (Wildman–Crippen MR) is 65.5 cm³/mol. The summed E-state index contributed by atoms with van der Waals surface area (Å²) in [5.74, 6) is 0.420. The van der Waals surface area contributed by atoms with Gasteiger partial charge in [-0.2, -0.15) is 4.98 Å². The maximum absolute atomic E-state index is 11.7. The number of esters is 1. The van der Waals surface area contributed by atoms with Crippen LogP contribution in [0.4, 0.5) is 0 Å². The molecule has 19 heavy (non-hydrogen) atoms. The lowest BCUT2D eigenvalue weighted by molar-refractivity contribution is 0.0230. The summed E-state index contributed by atoms with van der Waals surface area (Å²) in [6.45, 7) is 7.59. The van der Waals surface area contributed by atoms with E-state index in [0.29, 0.717) is 5.82 Å². The van der Waals surface area contributed by atoms with E-state index in [1.165, 1.54) is 12.3 Å². The van der Waals surface area contributed by atoms with Crippen LogP contribution in [0.2, 0.25) is 0 Å². The van der Waals surface area contributed by atoms with E-state index in [9.17, 15) is 4.79 Å². The molecule has 6 nitrogen and oxygen atoms in total. The van der Waals surface area contributed by atoms with Gasteiger partial charge in [-0.1, -0.05) is 25.9 Å². The molecular formula is C13H16N2O4. The molecule has 0 aliphatic rings. The number of nitrogens with zero attached hydrogens (tertiary/aromatic N) is 2. The molecule has 1 unspecified atom stereocenters. The van der Waals surface area contributed by atoms with Crippen molar-refractivity contribution in [1.29, 1.82) is 0 Å². The molecule has 1 atom stereocenters. The Bertz CT molecular complexity index is 551. The summed E-state index contributed by atoms with van der Waals surface area (Å²) in [5, 5.41) is 3.88. The number of hydrogen-bond acceptors (Lipinski definition) is 6. The lowest BCUT2D eigenvalue weighted by atomic mass is 9.96. The van der Waals surface area contributed by atoms with Crippen LogP contribution in [0.25, 0.3) is 0 Å². The van der Waals surface area contributed by atoms with Gasteiger partial charge in [-0.3, -0.25) is 0 Å². The highest BCUT2D eigenvalue weighted by Crippen LogP contribution is 2.22. The highest BCUT2D eigenvalue weighted by molar-refractivity contribution is 5.86. The second kappa shape index (κ2) is 4.87. The first kappa shape index (κ1) is 13.3. The van der Waals surface area contributed by atoms with E-state index in [4.69, 9.17) is 13.7 Å². The van der Waals surface area contributed by atoms with Gasteiger partial charge in [0.05, 0.1) is 6.26 Å². The largest absolute Gasteiger partial charge is 0.457 e. The lowest BCUT2D eigenvalue weighted by Crippen LogP contribution is -2.14. The minimum Gasteiger partial charge on any atom is -0.457 e. The van der Waals surface area contributed by atoms with Gasteiger partial charge >= 0.3 is 5.97 Å². The fourth-order valence-electron chi connectivity index (χ4n) is 1.37. The van der Waals surface area contributed by atoms with Crippen molar-refractivity contribution in [2.24, 2.45) is 0 Å². The SMILES string of the molecule is CC(OC(=O)c1ccco1)c1nc(C(C)(C)C)no1. The van der Waals surface area contributed by atoms with Crippen LogP contribution in [-0.2, 0) is 10.2 Å². The van der Waals surface area contributed by atoms with Gasteiger partial charge in [-0.15, -0.1) is 0 Å². The van der Waals surface area contributed by atoms with Crippen LogP contribution >= 0.6 is 0 Å². The zero-order chi connectivity index (χ0) is 14.0. The fourth-order valence-corrected chi connectivity index (χ4v) is 1.37. The quantitative estimate of drug-likeness (QED) is 0.793. The Morgan fingerprint density at radius 3 is 2.68 bits per heavy atom. The highest BCUT2D eigenvalue weighted by atomic mass is 16.6. The zero-order valence-corrected chi connectivity index (χ0v) is 11.3. The van der Waals surface area contributed by atoms with Crippen LogP contribution in [-0.4, -0.2) is 16.1 Å². The fraction of sp³-hybridized carbons (Fsp3) is 0.462. The summed E-state index contributed by atoms with van der Waals surface area (Å²) in [6, 6.07) is 3.15. The molecular weight excluding hydrogens is 248 g/mol. The number of hydrogen-bond donors (Lipinski definition) is 0. The van der Waals surface area contributed by atoms with E-state index in [1.54, 1.807) is 13.0 Å². The van der Waals surface area contributed by atoms with Crippen molar-refractivity contribution in [2.45, 2.75) is 39.2 Å². The van der Waals surface area contributed by atoms with E-state index in [-0.39, 0.29) is 17.1 Å². The minimum absolute atomic E-state index is 0.141. The molecule has 0 saturated carbocycles. The van der Waals surface area contributed by atoms with Gasteiger partial charge in [0, 0.05) is 5.41 Å². The van der Waals surface area contributed by atoms with Crippen molar-refractivity contribution in [1.82, 2.24) is 10.1 Å². The second-order valence-corrected chi connectivity index (χ2v) is 5.23. The van der Waals surface area contributed by atoms with Crippen molar-refractivity contribution in [3.8, 4) is 0 Å². The zero-order valence-electron chi connectivity index (χ0n) is 11.3. The Kier molecular flexibility index (Phi) is 3.42. The number of carbonyl (C=O) groups is 1. The van der Waals surface area contributed by atoms with Gasteiger partial charge in [0.15, 0.2) is 11.9 Å². The first-order valence-corrected chi connectivity index (χ1v) is 5.96. The van der Waals surface area contributed by atoms with E-state index in [2.05, 4.69) is 10.1 Å². The van der Waals surface area contributed by atoms with Crippen molar-refractivity contribution in [3.05, 3.63) is 35.9 Å². The van der Waals surface area contributed by atoms with Gasteiger partial charge in [-0.25, -0.2) is 4.79 Å². The summed E-state index contributed by atoms with van der Waals surface area (Å²) in [4.78, 5) is 15.9. The molecule has 0 aromatic carbocycles. The molecule has 6 heteroatoms. The molecule has 0 bridgehead atoms. The van der Waals surface area contributed by atoms with Gasteiger partial charge in [0.1, 0.15) is 0 Å². The minimum atomic E-state index is -0.624. The molecule has 2 heterocycles. The Morgan fingerprint density at radius 2 is 2.16 bits per heavy atom. The topological polar surface area (TPSA) is 78.4 Å². The average molecular weight is 264 g/mol. The Hall–Kier alpha value is -2.11. The monoisotopic (exact) mass is 264 g/mol. The Labute approximate surface area is 110 Å². The molecule has 2 aromatic rings. The molecule has 0 aliphatic carbocycles. The maximum atomic E-state index is 11.7. The standard InChI is InChI=1S/C13H16N2O4/c1-8(18-11(16)9-6-5-7-17-9)10-14-12(15-19-10)13(2,3)4/h5-8H,1-4H3. The smallest absolute Gasteiger partial charge is 0.374 e. The van der Waals surface area contributed by atoms with Crippen molar-refractivity contribution < 1.29 is 18.5 Å². The lowest BCUT2D eigenvalue weighted by Gasteiger charge is -2.11. The van der Waals surface area contributed by atoms with Crippen LogP contribution in [0.1, 0.15) is 56.1 Å². The van der Waals surface area contributed by atoms with Crippen LogP contribution in [0.15, 0.2) is 27.3 Å². The first-order chi connectivity index (χ1) is 8.88. The van der Waals surface area contributed by atoms with Crippen LogP contribution in [0.3, 0.4) is 0 Å². The molecule has 102 valence electrons. The average Bonchev–Trinajstić information content (AvgIpc) is 3.00. The number of carbonyl (C=O) groups excluding carboxylic acids is 1. The number of furan rings is 1. The molecule has 0 radical (unpaired) electrons. The van der Waals surface area contributed by atoms with E-state index in [1.807, 2.05) is 20.8 Å². The first-order valence-electron chi connectivity index (χ1n) is 5.96. The third-order valence-corrected chi connectivity index (χ3v) is 2.47. The third-order valence-electron chi connectivity index (χ3n) is 2.47. The molecule has 2 aromatic heterocycles. The molecule has 0 fully saturated rings. The van der Waals surface area contributed by atoms with Gasteiger partial charge in [0.25, 0.3) is 5.89 Å². The molecule has 0 aliphatic heterocycles. The van der Waals surface area contributed by atoms with Crippen molar-refractivity contribution >= 4 is 5.97 Å². The highest BCUT2D eigenvalue weighted by Gasteiger charge is 2.25. The van der Waals surface area contributed by atoms with E-state index in [0.717, 1.165) is 0 Å². The number of ether oxygens (including phenoxy) is 1. The summed E-state index contributed by atoms with van der Waals surface area (Å²) in [7, 11) is 0.